The van der Waals surface area contributed by atoms with E-state index >= 15 is 0 Å². The highest BCUT2D eigenvalue weighted by Crippen LogP contribution is 2.25. The molecule has 1 amide bonds. The van der Waals surface area contributed by atoms with Crippen LogP contribution >= 0.6 is 0 Å². The van der Waals surface area contributed by atoms with Crippen LogP contribution in [0.5, 0.6) is 5.75 Å². The lowest BCUT2D eigenvalue weighted by Gasteiger charge is -2.17. The van der Waals surface area contributed by atoms with Gasteiger partial charge < -0.3 is 15.0 Å². The molecule has 1 aliphatic rings. The van der Waals surface area contributed by atoms with Gasteiger partial charge >= 0.3 is 0 Å². The zero-order valence-corrected chi connectivity index (χ0v) is 10.3. The van der Waals surface area contributed by atoms with Crippen molar-refractivity contribution in [3.8, 4) is 5.75 Å². The molecule has 0 saturated heterocycles. The molecule has 0 aromatic heterocycles. The molecule has 0 aliphatic heterocycles. The number of amides is 1. The molecule has 0 unspecified atom stereocenters. The fraction of sp³-hybridized carbons (Fsp3) is 0.462. The Morgan fingerprint density at radius 2 is 2.29 bits per heavy atom. The Balaban J connectivity index is 1.85. The van der Waals surface area contributed by atoms with Crippen molar-refractivity contribution < 1.29 is 9.53 Å². The first kappa shape index (κ1) is 11.8. The number of benzene rings is 1. The maximum Gasteiger partial charge on any atom is 0.241 e. The lowest BCUT2D eigenvalue weighted by Crippen LogP contribution is -2.33. The largest absolute Gasteiger partial charge is 0.497 e. The molecule has 0 bridgehead atoms. The number of ether oxygens (including phenoxy) is 1. The smallest absolute Gasteiger partial charge is 0.241 e. The van der Waals surface area contributed by atoms with Crippen LogP contribution in [0, 0.1) is 0 Å². The van der Waals surface area contributed by atoms with Gasteiger partial charge in [-0.25, -0.2) is 0 Å². The van der Waals surface area contributed by atoms with Gasteiger partial charge in [0.1, 0.15) is 5.75 Å². The average molecular weight is 234 g/mol. The average Bonchev–Trinajstić information content (AvgIpc) is 3.19. The van der Waals surface area contributed by atoms with Crippen LogP contribution < -0.4 is 10.1 Å². The number of carbonyl (C=O) groups is 1. The van der Waals surface area contributed by atoms with E-state index in [0.717, 1.165) is 24.3 Å². The van der Waals surface area contributed by atoms with Gasteiger partial charge in [-0.15, -0.1) is 0 Å². The highest BCUT2D eigenvalue weighted by Gasteiger charge is 2.29. The maximum absolute atomic E-state index is 11.8. The summed E-state index contributed by atoms with van der Waals surface area (Å²) >= 11 is 0. The molecule has 17 heavy (non-hydrogen) atoms. The molecule has 1 aliphatic carbocycles. The Hall–Kier alpha value is -1.71. The fourth-order valence-corrected chi connectivity index (χ4v) is 1.70. The molecule has 4 heteroatoms. The van der Waals surface area contributed by atoms with Crippen LogP contribution in [0.25, 0.3) is 0 Å². The molecule has 0 spiro atoms. The number of methoxy groups -OCH3 is 1. The molecule has 1 fully saturated rings. The standard InChI is InChI=1S/C13H18N2O2/c1-15(11-6-7-11)13(16)9-14-10-4-3-5-12(8-10)17-2/h3-5,8,11,14H,6-7,9H2,1-2H3. The normalized spacial score (nSPS) is 14.2. The van der Waals surface area contributed by atoms with Gasteiger partial charge in [-0.05, 0) is 25.0 Å². The molecule has 2 rings (SSSR count). The number of rotatable bonds is 5. The van der Waals surface area contributed by atoms with Crippen molar-refractivity contribution in [2.24, 2.45) is 0 Å². The number of carbonyl (C=O) groups excluding carboxylic acids is 1. The molecule has 1 aromatic rings. The van der Waals surface area contributed by atoms with Crippen LogP contribution in [0.15, 0.2) is 24.3 Å². The number of nitrogens with zero attached hydrogens (tertiary/aromatic N) is 1. The second kappa shape index (κ2) is 5.08. The summed E-state index contributed by atoms with van der Waals surface area (Å²) in [5.41, 5.74) is 0.905. The van der Waals surface area contributed by atoms with E-state index in [1.54, 1.807) is 7.11 Å². The molecule has 1 aromatic carbocycles. The number of hydrogen-bond donors (Lipinski definition) is 1. The minimum Gasteiger partial charge on any atom is -0.497 e. The molecular formula is C13H18N2O2. The number of hydrogen-bond acceptors (Lipinski definition) is 3. The fourth-order valence-electron chi connectivity index (χ4n) is 1.70. The molecule has 1 saturated carbocycles. The van der Waals surface area contributed by atoms with Gasteiger partial charge in [-0.3, -0.25) is 4.79 Å². The summed E-state index contributed by atoms with van der Waals surface area (Å²) in [6.45, 7) is 0.333. The Kier molecular flexibility index (Phi) is 3.52. The van der Waals surface area contributed by atoms with Crippen molar-refractivity contribution in [3.05, 3.63) is 24.3 Å². The van der Waals surface area contributed by atoms with Crippen LogP contribution in [0.1, 0.15) is 12.8 Å². The molecule has 0 atom stereocenters. The van der Waals surface area contributed by atoms with Gasteiger partial charge in [-0.1, -0.05) is 6.07 Å². The molecule has 92 valence electrons. The van der Waals surface area contributed by atoms with Crippen molar-refractivity contribution in [3.63, 3.8) is 0 Å². The minimum absolute atomic E-state index is 0.135. The summed E-state index contributed by atoms with van der Waals surface area (Å²) in [4.78, 5) is 13.6. The lowest BCUT2D eigenvalue weighted by atomic mass is 10.3. The van der Waals surface area contributed by atoms with Gasteiger partial charge in [0.25, 0.3) is 0 Å². The lowest BCUT2D eigenvalue weighted by molar-refractivity contribution is -0.128. The van der Waals surface area contributed by atoms with E-state index in [9.17, 15) is 4.79 Å². The minimum atomic E-state index is 0.135. The first-order valence-corrected chi connectivity index (χ1v) is 5.84. The second-order valence-electron chi connectivity index (χ2n) is 4.32. The van der Waals surface area contributed by atoms with Gasteiger partial charge in [0.05, 0.1) is 13.7 Å². The summed E-state index contributed by atoms with van der Waals surface area (Å²) in [5, 5.41) is 3.11. The van der Waals surface area contributed by atoms with Crippen LogP contribution in [0.2, 0.25) is 0 Å². The quantitative estimate of drug-likeness (QED) is 0.843. The monoisotopic (exact) mass is 234 g/mol. The van der Waals surface area contributed by atoms with Gasteiger partial charge in [0, 0.05) is 24.8 Å². The number of likely N-dealkylation sites (N-methyl/N-ethyl adjacent to an activating group) is 1. The van der Waals surface area contributed by atoms with Crippen LogP contribution in [-0.4, -0.2) is 37.6 Å². The van der Waals surface area contributed by atoms with E-state index in [2.05, 4.69) is 5.32 Å². The zero-order valence-electron chi connectivity index (χ0n) is 10.3. The first-order valence-electron chi connectivity index (χ1n) is 5.84. The highest BCUT2D eigenvalue weighted by atomic mass is 16.5. The summed E-state index contributed by atoms with van der Waals surface area (Å²) in [6.07, 6.45) is 2.28. The predicted molar refractivity (Wildman–Crippen MR) is 67.3 cm³/mol. The molecule has 0 heterocycles. The van der Waals surface area contributed by atoms with E-state index in [1.165, 1.54) is 0 Å². The summed E-state index contributed by atoms with van der Waals surface area (Å²) in [5.74, 6) is 0.924. The summed E-state index contributed by atoms with van der Waals surface area (Å²) in [6, 6.07) is 8.05. The van der Waals surface area contributed by atoms with Crippen molar-refractivity contribution in [2.45, 2.75) is 18.9 Å². The predicted octanol–water partition coefficient (Wildman–Crippen LogP) is 1.73. The van der Waals surface area contributed by atoms with Gasteiger partial charge in [0.2, 0.25) is 5.91 Å². The number of nitrogens with one attached hydrogen (secondary N) is 1. The summed E-state index contributed by atoms with van der Waals surface area (Å²) in [7, 11) is 3.50. The molecular weight excluding hydrogens is 216 g/mol. The van der Waals surface area contributed by atoms with Gasteiger partial charge in [0.15, 0.2) is 0 Å². The third-order valence-corrected chi connectivity index (χ3v) is 3.00. The van der Waals surface area contributed by atoms with Crippen molar-refractivity contribution in [2.75, 3.05) is 26.0 Å². The van der Waals surface area contributed by atoms with E-state index < -0.39 is 0 Å². The Morgan fingerprint density at radius 3 is 2.94 bits per heavy atom. The van der Waals surface area contributed by atoms with Crippen LogP contribution in [0.3, 0.4) is 0 Å². The van der Waals surface area contributed by atoms with Crippen LogP contribution in [0.4, 0.5) is 5.69 Å². The maximum atomic E-state index is 11.8. The van der Waals surface area contributed by atoms with E-state index in [-0.39, 0.29) is 5.91 Å². The summed E-state index contributed by atoms with van der Waals surface area (Å²) < 4.78 is 5.12. The van der Waals surface area contributed by atoms with Crippen molar-refractivity contribution >= 4 is 11.6 Å². The van der Waals surface area contributed by atoms with Gasteiger partial charge in [-0.2, -0.15) is 0 Å². The van der Waals surface area contributed by atoms with Crippen molar-refractivity contribution in [1.82, 2.24) is 4.90 Å². The highest BCUT2D eigenvalue weighted by molar-refractivity contribution is 5.81. The third-order valence-electron chi connectivity index (χ3n) is 3.00. The van der Waals surface area contributed by atoms with E-state index in [0.29, 0.717) is 12.6 Å². The molecule has 0 radical (unpaired) electrons. The molecule has 4 nitrogen and oxygen atoms in total. The van der Waals surface area contributed by atoms with E-state index in [4.69, 9.17) is 4.74 Å². The molecule has 1 N–H and O–H groups in total. The first-order chi connectivity index (χ1) is 8.20. The third kappa shape index (κ3) is 3.12. The second-order valence-corrected chi connectivity index (χ2v) is 4.32. The number of anilines is 1. The Labute approximate surface area is 102 Å². The zero-order chi connectivity index (χ0) is 12.3. The van der Waals surface area contributed by atoms with E-state index in [1.807, 2.05) is 36.2 Å². The topological polar surface area (TPSA) is 41.6 Å². The Morgan fingerprint density at radius 1 is 1.53 bits per heavy atom. The Bertz CT molecular complexity index is 402. The van der Waals surface area contributed by atoms with Crippen LogP contribution in [-0.2, 0) is 4.79 Å². The van der Waals surface area contributed by atoms with Crippen molar-refractivity contribution in [1.29, 1.82) is 0 Å². The SMILES string of the molecule is COc1cccc(NCC(=O)N(C)C2CC2)c1.